The molecule has 1 aromatic heterocycles. The maximum Gasteiger partial charge on any atom is 0.243 e. The molecule has 19 heavy (non-hydrogen) atoms. The fourth-order valence-corrected chi connectivity index (χ4v) is 3.39. The first kappa shape index (κ1) is 14.1. The smallest absolute Gasteiger partial charge is 0.243 e. The Hall–Kier alpha value is -1.34. The highest BCUT2D eigenvalue weighted by molar-refractivity contribution is 7.09. The number of carbonyl (C=O) groups is 1. The van der Waals surface area contributed by atoms with Crippen LogP contribution in [-0.2, 0) is 11.3 Å². The molecule has 102 valence electrons. The van der Waals surface area contributed by atoms with Crippen molar-refractivity contribution in [1.82, 2.24) is 4.90 Å². The van der Waals surface area contributed by atoms with Gasteiger partial charge in [0.1, 0.15) is 5.41 Å². The first-order valence-electron chi connectivity index (χ1n) is 6.84. The second kappa shape index (κ2) is 5.75. The summed E-state index contributed by atoms with van der Waals surface area (Å²) in [7, 11) is 0. The molecule has 1 aliphatic rings. The molecule has 1 fully saturated rings. The topological polar surface area (TPSA) is 44.1 Å². The van der Waals surface area contributed by atoms with Gasteiger partial charge in [-0.25, -0.2) is 0 Å². The van der Waals surface area contributed by atoms with Crippen LogP contribution in [0.25, 0.3) is 0 Å². The summed E-state index contributed by atoms with van der Waals surface area (Å²) in [6, 6.07) is 6.47. The third-order valence-electron chi connectivity index (χ3n) is 3.87. The Bertz CT molecular complexity index is 467. The van der Waals surface area contributed by atoms with Crippen molar-refractivity contribution in [3.63, 3.8) is 0 Å². The van der Waals surface area contributed by atoms with Gasteiger partial charge in [0.25, 0.3) is 0 Å². The summed E-state index contributed by atoms with van der Waals surface area (Å²) in [5.74, 6) is 0.0240. The lowest BCUT2D eigenvalue weighted by Gasteiger charge is -2.32. The van der Waals surface area contributed by atoms with E-state index in [-0.39, 0.29) is 11.9 Å². The number of nitriles is 1. The zero-order valence-electron chi connectivity index (χ0n) is 11.6. The summed E-state index contributed by atoms with van der Waals surface area (Å²) in [4.78, 5) is 15.8. The zero-order chi connectivity index (χ0) is 13.9. The molecule has 1 aromatic rings. The molecule has 2 rings (SSSR count). The van der Waals surface area contributed by atoms with Crippen molar-refractivity contribution in [2.45, 2.75) is 52.1 Å². The second-order valence-corrected chi connectivity index (χ2v) is 6.54. The molecule has 4 heteroatoms. The van der Waals surface area contributed by atoms with E-state index in [1.165, 1.54) is 4.88 Å². The first-order valence-corrected chi connectivity index (χ1v) is 7.72. The Labute approximate surface area is 118 Å². The van der Waals surface area contributed by atoms with Crippen LogP contribution >= 0.6 is 11.3 Å². The minimum absolute atomic E-state index is 0.0240. The molecule has 0 N–H and O–H groups in total. The van der Waals surface area contributed by atoms with E-state index in [1.807, 2.05) is 36.3 Å². The van der Waals surface area contributed by atoms with Gasteiger partial charge in [-0.05, 0) is 38.1 Å². The molecule has 0 saturated heterocycles. The molecule has 0 atom stereocenters. The lowest BCUT2D eigenvalue weighted by Crippen LogP contribution is -2.45. The van der Waals surface area contributed by atoms with Gasteiger partial charge in [0.15, 0.2) is 0 Å². The van der Waals surface area contributed by atoms with Crippen molar-refractivity contribution in [2.24, 2.45) is 5.41 Å². The van der Waals surface area contributed by atoms with Crippen LogP contribution in [0.4, 0.5) is 0 Å². The van der Waals surface area contributed by atoms with E-state index in [2.05, 4.69) is 6.07 Å². The Morgan fingerprint density at radius 2 is 2.21 bits per heavy atom. The zero-order valence-corrected chi connectivity index (χ0v) is 12.4. The summed E-state index contributed by atoms with van der Waals surface area (Å²) in [6.45, 7) is 4.66. The summed E-state index contributed by atoms with van der Waals surface area (Å²) in [6.07, 6.45) is 3.42. The van der Waals surface area contributed by atoms with Crippen LogP contribution in [0.2, 0.25) is 0 Å². The van der Waals surface area contributed by atoms with E-state index in [4.69, 9.17) is 0 Å². The van der Waals surface area contributed by atoms with Crippen molar-refractivity contribution in [2.75, 3.05) is 0 Å². The average Bonchev–Trinajstić information content (AvgIpc) is 3.06. The van der Waals surface area contributed by atoms with Crippen LogP contribution < -0.4 is 0 Å². The summed E-state index contributed by atoms with van der Waals surface area (Å²) in [5, 5.41) is 11.5. The molecule has 0 radical (unpaired) electrons. The van der Waals surface area contributed by atoms with E-state index in [9.17, 15) is 10.1 Å². The van der Waals surface area contributed by atoms with Crippen molar-refractivity contribution in [3.05, 3.63) is 22.4 Å². The lowest BCUT2D eigenvalue weighted by molar-refractivity contribution is -0.141. The van der Waals surface area contributed by atoms with Gasteiger partial charge in [-0.1, -0.05) is 18.9 Å². The number of rotatable bonds is 4. The van der Waals surface area contributed by atoms with E-state index >= 15 is 0 Å². The highest BCUT2D eigenvalue weighted by Gasteiger charge is 2.44. The maximum absolute atomic E-state index is 12.8. The molecule has 0 bridgehead atoms. The van der Waals surface area contributed by atoms with Crippen molar-refractivity contribution < 1.29 is 4.79 Å². The highest BCUT2D eigenvalue weighted by atomic mass is 32.1. The van der Waals surface area contributed by atoms with Gasteiger partial charge in [-0.3, -0.25) is 4.79 Å². The molecular formula is C15H20N2OS. The van der Waals surface area contributed by atoms with Gasteiger partial charge in [-0.2, -0.15) is 5.26 Å². The SMILES string of the molecule is CC(C)N(Cc1cccs1)C(=O)C1(C#N)CCCC1. The van der Waals surface area contributed by atoms with Gasteiger partial charge in [0.2, 0.25) is 5.91 Å². The minimum atomic E-state index is -0.762. The van der Waals surface area contributed by atoms with Gasteiger partial charge >= 0.3 is 0 Å². The van der Waals surface area contributed by atoms with Gasteiger partial charge in [0.05, 0.1) is 12.6 Å². The third kappa shape index (κ3) is 2.82. The molecule has 1 saturated carbocycles. The van der Waals surface area contributed by atoms with Gasteiger partial charge < -0.3 is 4.90 Å². The fraction of sp³-hybridized carbons (Fsp3) is 0.600. The predicted molar refractivity (Wildman–Crippen MR) is 76.5 cm³/mol. The molecular weight excluding hydrogens is 256 g/mol. The molecule has 1 aliphatic carbocycles. The maximum atomic E-state index is 12.8. The summed E-state index contributed by atoms with van der Waals surface area (Å²) < 4.78 is 0. The van der Waals surface area contributed by atoms with Crippen molar-refractivity contribution >= 4 is 17.2 Å². The monoisotopic (exact) mass is 276 g/mol. The normalized spacial score (nSPS) is 17.4. The molecule has 0 unspecified atom stereocenters. The number of hydrogen-bond acceptors (Lipinski definition) is 3. The number of hydrogen-bond donors (Lipinski definition) is 0. The fourth-order valence-electron chi connectivity index (χ4n) is 2.69. The standard InChI is InChI=1S/C15H20N2OS/c1-12(2)17(10-13-6-5-9-19-13)14(18)15(11-16)7-3-4-8-15/h5-6,9,12H,3-4,7-8,10H2,1-2H3. The molecule has 3 nitrogen and oxygen atoms in total. The average molecular weight is 276 g/mol. The largest absolute Gasteiger partial charge is 0.334 e. The van der Waals surface area contributed by atoms with E-state index < -0.39 is 5.41 Å². The van der Waals surface area contributed by atoms with E-state index in [0.717, 1.165) is 25.7 Å². The first-order chi connectivity index (χ1) is 9.09. The quantitative estimate of drug-likeness (QED) is 0.844. The van der Waals surface area contributed by atoms with E-state index in [0.29, 0.717) is 6.54 Å². The Kier molecular flexibility index (Phi) is 4.26. The molecule has 0 aromatic carbocycles. The van der Waals surface area contributed by atoms with Crippen LogP contribution in [0, 0.1) is 16.7 Å². The second-order valence-electron chi connectivity index (χ2n) is 5.51. The van der Waals surface area contributed by atoms with E-state index in [1.54, 1.807) is 11.3 Å². The van der Waals surface area contributed by atoms with Crippen LogP contribution in [0.5, 0.6) is 0 Å². The molecule has 1 heterocycles. The van der Waals surface area contributed by atoms with Gasteiger partial charge in [0, 0.05) is 10.9 Å². The van der Waals surface area contributed by atoms with Crippen LogP contribution in [-0.4, -0.2) is 16.8 Å². The third-order valence-corrected chi connectivity index (χ3v) is 4.73. The number of nitrogens with zero attached hydrogens (tertiary/aromatic N) is 2. The van der Waals surface area contributed by atoms with Crippen LogP contribution in [0.15, 0.2) is 17.5 Å². The molecule has 0 aliphatic heterocycles. The highest BCUT2D eigenvalue weighted by Crippen LogP contribution is 2.39. The number of carbonyl (C=O) groups excluding carboxylic acids is 1. The Morgan fingerprint density at radius 1 is 1.53 bits per heavy atom. The van der Waals surface area contributed by atoms with Crippen LogP contribution in [0.3, 0.4) is 0 Å². The summed E-state index contributed by atoms with van der Waals surface area (Å²) >= 11 is 1.66. The Balaban J connectivity index is 2.19. The van der Waals surface area contributed by atoms with Crippen LogP contribution in [0.1, 0.15) is 44.4 Å². The Morgan fingerprint density at radius 3 is 2.68 bits per heavy atom. The number of amides is 1. The number of thiophene rings is 1. The molecule has 1 amide bonds. The van der Waals surface area contributed by atoms with Crippen molar-refractivity contribution in [3.8, 4) is 6.07 Å². The van der Waals surface area contributed by atoms with Crippen molar-refractivity contribution in [1.29, 1.82) is 5.26 Å². The summed E-state index contributed by atoms with van der Waals surface area (Å²) in [5.41, 5.74) is -0.762. The molecule has 0 spiro atoms. The van der Waals surface area contributed by atoms with Gasteiger partial charge in [-0.15, -0.1) is 11.3 Å². The minimum Gasteiger partial charge on any atom is -0.334 e. The predicted octanol–water partition coefficient (Wildman–Crippen LogP) is 3.57. The lowest BCUT2D eigenvalue weighted by atomic mass is 9.86.